The molecule has 1 saturated heterocycles. The number of hydrogen-bond donors (Lipinski definition) is 1. The number of rotatable bonds is 3. The van der Waals surface area contributed by atoms with Crippen molar-refractivity contribution in [3.05, 3.63) is 35.6 Å². The van der Waals surface area contributed by atoms with Gasteiger partial charge in [0.25, 0.3) is 0 Å². The van der Waals surface area contributed by atoms with Gasteiger partial charge >= 0.3 is 0 Å². The summed E-state index contributed by atoms with van der Waals surface area (Å²) in [5.41, 5.74) is 1.06. The molecule has 0 spiro atoms. The van der Waals surface area contributed by atoms with Crippen LogP contribution in [0.5, 0.6) is 0 Å². The van der Waals surface area contributed by atoms with Crippen molar-refractivity contribution in [2.75, 3.05) is 13.1 Å². The Morgan fingerprint density at radius 2 is 2.29 bits per heavy atom. The summed E-state index contributed by atoms with van der Waals surface area (Å²) < 4.78 is 13.1. The molecule has 94 valence electrons. The van der Waals surface area contributed by atoms with Crippen LogP contribution < -0.4 is 5.32 Å². The number of nitrogens with one attached hydrogen (secondary N) is 1. The lowest BCUT2D eigenvalue weighted by atomic mass is 10.1. The first kappa shape index (κ1) is 12.5. The molecule has 0 bridgehead atoms. The minimum atomic E-state index is -0.141. The van der Waals surface area contributed by atoms with Crippen molar-refractivity contribution in [1.82, 2.24) is 10.2 Å². The van der Waals surface area contributed by atoms with Gasteiger partial charge in [-0.1, -0.05) is 19.1 Å². The highest BCUT2D eigenvalue weighted by atomic mass is 19.1. The number of piperazine rings is 1. The van der Waals surface area contributed by atoms with Crippen LogP contribution in [-0.2, 0) is 6.54 Å². The van der Waals surface area contributed by atoms with Crippen LogP contribution in [0.3, 0.4) is 0 Å². The molecule has 1 aliphatic rings. The van der Waals surface area contributed by atoms with E-state index < -0.39 is 0 Å². The molecule has 0 radical (unpaired) electrons. The van der Waals surface area contributed by atoms with Gasteiger partial charge in [0.2, 0.25) is 0 Å². The highest BCUT2D eigenvalue weighted by Gasteiger charge is 2.23. The Labute approximate surface area is 103 Å². The maximum absolute atomic E-state index is 13.1. The predicted molar refractivity (Wildman–Crippen MR) is 68.4 cm³/mol. The molecular weight excluding hydrogens is 215 g/mol. The SMILES string of the molecule is CCC1CN(Cc2cccc(F)c2)C(C)CN1. The number of hydrogen-bond acceptors (Lipinski definition) is 2. The highest BCUT2D eigenvalue weighted by molar-refractivity contribution is 5.16. The largest absolute Gasteiger partial charge is 0.311 e. The topological polar surface area (TPSA) is 15.3 Å². The number of nitrogens with zero attached hydrogens (tertiary/aromatic N) is 1. The Bertz CT molecular complexity index is 367. The zero-order valence-electron chi connectivity index (χ0n) is 10.6. The first-order chi connectivity index (χ1) is 8.19. The second-order valence-corrected chi connectivity index (χ2v) is 4.92. The predicted octanol–water partition coefficient (Wildman–Crippen LogP) is 2.40. The minimum Gasteiger partial charge on any atom is -0.311 e. The van der Waals surface area contributed by atoms with Crippen LogP contribution in [0, 0.1) is 5.82 Å². The van der Waals surface area contributed by atoms with E-state index in [-0.39, 0.29) is 5.82 Å². The Hall–Kier alpha value is -0.930. The molecular formula is C14H21FN2. The first-order valence-electron chi connectivity index (χ1n) is 6.41. The van der Waals surface area contributed by atoms with Crippen molar-refractivity contribution >= 4 is 0 Å². The summed E-state index contributed by atoms with van der Waals surface area (Å²) in [6.45, 7) is 7.34. The van der Waals surface area contributed by atoms with Gasteiger partial charge in [-0.05, 0) is 31.0 Å². The van der Waals surface area contributed by atoms with Crippen LogP contribution in [0.2, 0.25) is 0 Å². The van der Waals surface area contributed by atoms with Gasteiger partial charge in [0, 0.05) is 31.7 Å². The first-order valence-corrected chi connectivity index (χ1v) is 6.41. The molecule has 0 aromatic heterocycles. The monoisotopic (exact) mass is 236 g/mol. The van der Waals surface area contributed by atoms with Gasteiger partial charge in [0.1, 0.15) is 5.82 Å². The zero-order chi connectivity index (χ0) is 12.3. The van der Waals surface area contributed by atoms with Gasteiger partial charge in [-0.15, -0.1) is 0 Å². The second-order valence-electron chi connectivity index (χ2n) is 4.92. The second kappa shape index (κ2) is 5.61. The van der Waals surface area contributed by atoms with Gasteiger partial charge in [-0.3, -0.25) is 4.90 Å². The van der Waals surface area contributed by atoms with Crippen molar-refractivity contribution in [1.29, 1.82) is 0 Å². The average molecular weight is 236 g/mol. The molecule has 1 aromatic rings. The van der Waals surface area contributed by atoms with E-state index in [0.717, 1.165) is 31.6 Å². The van der Waals surface area contributed by atoms with Crippen LogP contribution in [0.25, 0.3) is 0 Å². The lowest BCUT2D eigenvalue weighted by Crippen LogP contribution is -2.54. The van der Waals surface area contributed by atoms with Crippen molar-refractivity contribution in [2.45, 2.75) is 38.9 Å². The normalized spacial score (nSPS) is 26.1. The molecule has 1 heterocycles. The van der Waals surface area contributed by atoms with Crippen LogP contribution in [0.15, 0.2) is 24.3 Å². The maximum Gasteiger partial charge on any atom is 0.123 e. The van der Waals surface area contributed by atoms with E-state index in [9.17, 15) is 4.39 Å². The third-order valence-electron chi connectivity index (χ3n) is 3.55. The zero-order valence-corrected chi connectivity index (χ0v) is 10.6. The fourth-order valence-corrected chi connectivity index (χ4v) is 2.36. The molecule has 1 N–H and O–H groups in total. The summed E-state index contributed by atoms with van der Waals surface area (Å²) in [7, 11) is 0. The average Bonchev–Trinajstić information content (AvgIpc) is 2.32. The number of halogens is 1. The molecule has 2 nitrogen and oxygen atoms in total. The molecule has 3 heteroatoms. The summed E-state index contributed by atoms with van der Waals surface area (Å²) in [4.78, 5) is 2.43. The maximum atomic E-state index is 13.1. The molecule has 0 saturated carbocycles. The Kier molecular flexibility index (Phi) is 4.13. The van der Waals surface area contributed by atoms with Gasteiger partial charge < -0.3 is 5.32 Å². The Morgan fingerprint density at radius 3 is 3.00 bits per heavy atom. The van der Waals surface area contributed by atoms with Crippen LogP contribution in [0.1, 0.15) is 25.8 Å². The Morgan fingerprint density at radius 1 is 1.47 bits per heavy atom. The fourth-order valence-electron chi connectivity index (χ4n) is 2.36. The van der Waals surface area contributed by atoms with Gasteiger partial charge in [0.05, 0.1) is 0 Å². The smallest absolute Gasteiger partial charge is 0.123 e. The van der Waals surface area contributed by atoms with Crippen molar-refractivity contribution in [2.24, 2.45) is 0 Å². The third kappa shape index (κ3) is 3.27. The highest BCUT2D eigenvalue weighted by Crippen LogP contribution is 2.14. The lowest BCUT2D eigenvalue weighted by molar-refractivity contribution is 0.131. The van der Waals surface area contributed by atoms with E-state index in [1.807, 2.05) is 6.07 Å². The van der Waals surface area contributed by atoms with Gasteiger partial charge in [-0.2, -0.15) is 0 Å². The lowest BCUT2D eigenvalue weighted by Gasteiger charge is -2.38. The van der Waals surface area contributed by atoms with Crippen molar-refractivity contribution in [3.8, 4) is 0 Å². The molecule has 17 heavy (non-hydrogen) atoms. The van der Waals surface area contributed by atoms with Crippen LogP contribution in [0.4, 0.5) is 4.39 Å². The van der Waals surface area contributed by atoms with Crippen molar-refractivity contribution < 1.29 is 4.39 Å². The molecule has 2 atom stereocenters. The van der Waals surface area contributed by atoms with Gasteiger partial charge in [0.15, 0.2) is 0 Å². The Balaban J connectivity index is 2.01. The molecule has 0 amide bonds. The third-order valence-corrected chi connectivity index (χ3v) is 3.55. The van der Waals surface area contributed by atoms with E-state index in [1.54, 1.807) is 12.1 Å². The summed E-state index contributed by atoms with van der Waals surface area (Å²) in [6, 6.07) is 8.00. The van der Waals surface area contributed by atoms with Crippen LogP contribution in [-0.4, -0.2) is 30.1 Å². The molecule has 1 aliphatic heterocycles. The quantitative estimate of drug-likeness (QED) is 0.867. The summed E-state index contributed by atoms with van der Waals surface area (Å²) in [6.07, 6.45) is 1.15. The standard InChI is InChI=1S/C14H21FN2/c1-3-14-10-17(11(2)8-16-14)9-12-5-4-6-13(15)7-12/h4-7,11,14,16H,3,8-10H2,1-2H3. The van der Waals surface area contributed by atoms with E-state index in [2.05, 4.69) is 24.1 Å². The summed E-state index contributed by atoms with van der Waals surface area (Å²) in [5, 5.41) is 3.53. The fraction of sp³-hybridized carbons (Fsp3) is 0.571. The molecule has 1 fully saturated rings. The van der Waals surface area contributed by atoms with E-state index in [1.165, 1.54) is 6.07 Å². The van der Waals surface area contributed by atoms with E-state index in [0.29, 0.717) is 12.1 Å². The van der Waals surface area contributed by atoms with Crippen molar-refractivity contribution in [3.63, 3.8) is 0 Å². The molecule has 2 unspecified atom stereocenters. The van der Waals surface area contributed by atoms with Crippen LogP contribution >= 0.6 is 0 Å². The molecule has 0 aliphatic carbocycles. The van der Waals surface area contributed by atoms with Gasteiger partial charge in [-0.25, -0.2) is 4.39 Å². The number of benzene rings is 1. The summed E-state index contributed by atoms with van der Waals surface area (Å²) >= 11 is 0. The van der Waals surface area contributed by atoms with E-state index >= 15 is 0 Å². The minimum absolute atomic E-state index is 0.141. The molecule has 2 rings (SSSR count). The van der Waals surface area contributed by atoms with E-state index in [4.69, 9.17) is 0 Å². The molecule has 1 aromatic carbocycles. The summed E-state index contributed by atoms with van der Waals surface area (Å²) in [5.74, 6) is -0.141.